The van der Waals surface area contributed by atoms with Crippen molar-refractivity contribution in [1.82, 2.24) is 4.98 Å². The van der Waals surface area contributed by atoms with Crippen molar-refractivity contribution in [2.45, 2.75) is 18.9 Å². The summed E-state index contributed by atoms with van der Waals surface area (Å²) >= 11 is 6.36. The molecule has 0 radical (unpaired) electrons. The third-order valence-corrected chi connectivity index (χ3v) is 4.10. The van der Waals surface area contributed by atoms with Gasteiger partial charge in [0, 0.05) is 24.7 Å². The molecule has 1 aliphatic heterocycles. The number of hydrogen-bond donors (Lipinski definition) is 2. The molecule has 0 amide bonds. The summed E-state index contributed by atoms with van der Waals surface area (Å²) in [5.74, 6) is 0. The van der Waals surface area contributed by atoms with Gasteiger partial charge in [0.2, 0.25) is 0 Å². The number of halogens is 1. The first-order valence-corrected chi connectivity index (χ1v) is 7.27. The van der Waals surface area contributed by atoms with Crippen molar-refractivity contribution in [1.29, 1.82) is 0 Å². The molecule has 1 aromatic carbocycles. The van der Waals surface area contributed by atoms with Crippen LogP contribution in [0.5, 0.6) is 0 Å². The molecule has 3 rings (SSSR count). The third kappa shape index (κ3) is 2.35. The van der Waals surface area contributed by atoms with E-state index in [4.69, 9.17) is 17.3 Å². The van der Waals surface area contributed by atoms with Gasteiger partial charge in [-0.15, -0.1) is 0 Å². The number of fused-ring (bicyclic) bond motifs is 1. The maximum atomic E-state index is 9.80. The second-order valence-electron chi connectivity index (χ2n) is 5.19. The van der Waals surface area contributed by atoms with Crippen LogP contribution in [-0.2, 0) is 6.42 Å². The molecule has 106 valence electrons. The Morgan fingerprint density at radius 3 is 3.05 bits per heavy atom. The number of anilines is 1. The number of aliphatic hydroxyl groups is 1. The molecule has 0 aliphatic carbocycles. The second kappa shape index (κ2) is 5.56. The minimum Gasteiger partial charge on any atom is -0.391 e. The molecule has 0 saturated carbocycles. The Bertz CT molecular complexity index is 632. The van der Waals surface area contributed by atoms with Gasteiger partial charge in [0.1, 0.15) is 0 Å². The van der Waals surface area contributed by atoms with Crippen LogP contribution in [0.2, 0.25) is 5.02 Å². The maximum absolute atomic E-state index is 9.80. The third-order valence-electron chi connectivity index (χ3n) is 3.79. The number of hydrogen-bond acceptors (Lipinski definition) is 4. The van der Waals surface area contributed by atoms with Gasteiger partial charge in [0.15, 0.2) is 0 Å². The molecular formula is C15H18ClN3O. The molecule has 0 spiro atoms. The van der Waals surface area contributed by atoms with Gasteiger partial charge in [0.05, 0.1) is 22.3 Å². The Balaban J connectivity index is 2.20. The lowest BCUT2D eigenvalue weighted by atomic mass is 10.0. The molecule has 3 N–H and O–H groups in total. The predicted octanol–water partition coefficient (Wildman–Crippen LogP) is 1.96. The van der Waals surface area contributed by atoms with Gasteiger partial charge in [0.25, 0.3) is 0 Å². The highest BCUT2D eigenvalue weighted by Gasteiger charge is 2.25. The molecular weight excluding hydrogens is 274 g/mol. The van der Waals surface area contributed by atoms with E-state index in [1.807, 2.05) is 18.2 Å². The van der Waals surface area contributed by atoms with E-state index in [1.54, 1.807) is 6.20 Å². The van der Waals surface area contributed by atoms with E-state index in [0.29, 0.717) is 18.1 Å². The fourth-order valence-electron chi connectivity index (χ4n) is 2.88. The van der Waals surface area contributed by atoms with Crippen LogP contribution in [0.25, 0.3) is 10.9 Å². The summed E-state index contributed by atoms with van der Waals surface area (Å²) in [6.45, 7) is 2.05. The Morgan fingerprint density at radius 1 is 1.50 bits per heavy atom. The minimum absolute atomic E-state index is 0.268. The van der Waals surface area contributed by atoms with E-state index >= 15 is 0 Å². The van der Waals surface area contributed by atoms with Crippen LogP contribution in [0, 0.1) is 0 Å². The predicted molar refractivity (Wildman–Crippen MR) is 82.3 cm³/mol. The maximum Gasteiger partial charge on any atom is 0.0953 e. The van der Waals surface area contributed by atoms with Gasteiger partial charge in [-0.2, -0.15) is 0 Å². The van der Waals surface area contributed by atoms with E-state index < -0.39 is 0 Å². The van der Waals surface area contributed by atoms with E-state index in [9.17, 15) is 5.11 Å². The van der Waals surface area contributed by atoms with Crippen molar-refractivity contribution < 1.29 is 5.11 Å². The number of aromatic nitrogens is 1. The average Bonchev–Trinajstić information content (AvgIpc) is 2.86. The standard InChI is InChI=1S/C15H18ClN3O/c16-13-8-10(3-5-17)15(19-7-4-11(20)9-19)14-12(13)2-1-6-18-14/h1-2,6,8,11,20H,3-5,7,9,17H2. The van der Waals surface area contributed by atoms with Crippen molar-refractivity contribution >= 4 is 28.2 Å². The molecule has 1 saturated heterocycles. The molecule has 1 fully saturated rings. The Hall–Kier alpha value is -1.36. The van der Waals surface area contributed by atoms with Gasteiger partial charge in [-0.3, -0.25) is 4.98 Å². The van der Waals surface area contributed by atoms with Gasteiger partial charge in [-0.05, 0) is 43.1 Å². The number of rotatable bonds is 3. The first-order chi connectivity index (χ1) is 9.70. The molecule has 1 unspecified atom stereocenters. The van der Waals surface area contributed by atoms with Crippen LogP contribution in [-0.4, -0.2) is 35.8 Å². The Morgan fingerprint density at radius 2 is 2.35 bits per heavy atom. The molecule has 1 aromatic heterocycles. The van der Waals surface area contributed by atoms with E-state index in [0.717, 1.165) is 41.5 Å². The molecule has 5 heteroatoms. The fourth-order valence-corrected chi connectivity index (χ4v) is 3.17. The van der Waals surface area contributed by atoms with Crippen molar-refractivity contribution in [3.63, 3.8) is 0 Å². The zero-order valence-electron chi connectivity index (χ0n) is 11.2. The Kier molecular flexibility index (Phi) is 3.78. The van der Waals surface area contributed by atoms with Gasteiger partial charge < -0.3 is 15.7 Å². The molecule has 4 nitrogen and oxygen atoms in total. The second-order valence-corrected chi connectivity index (χ2v) is 5.60. The van der Waals surface area contributed by atoms with Crippen LogP contribution in [0.3, 0.4) is 0 Å². The van der Waals surface area contributed by atoms with Crippen molar-refractivity contribution in [2.24, 2.45) is 5.73 Å². The van der Waals surface area contributed by atoms with Gasteiger partial charge >= 0.3 is 0 Å². The summed E-state index contributed by atoms with van der Waals surface area (Å²) in [7, 11) is 0. The summed E-state index contributed by atoms with van der Waals surface area (Å²) < 4.78 is 0. The quantitative estimate of drug-likeness (QED) is 0.907. The van der Waals surface area contributed by atoms with Crippen molar-refractivity contribution in [3.05, 3.63) is 35.0 Å². The smallest absolute Gasteiger partial charge is 0.0953 e. The summed E-state index contributed by atoms with van der Waals surface area (Å²) in [5, 5.41) is 11.5. The van der Waals surface area contributed by atoms with Gasteiger partial charge in [-0.25, -0.2) is 0 Å². The SMILES string of the molecule is NCCc1cc(Cl)c2cccnc2c1N1CCC(O)C1. The lowest BCUT2D eigenvalue weighted by Crippen LogP contribution is -2.23. The van der Waals surface area contributed by atoms with Crippen LogP contribution in [0.1, 0.15) is 12.0 Å². The highest BCUT2D eigenvalue weighted by molar-refractivity contribution is 6.36. The number of nitrogens with zero attached hydrogens (tertiary/aromatic N) is 2. The summed E-state index contributed by atoms with van der Waals surface area (Å²) in [5.41, 5.74) is 8.80. The number of β-amino-alcohol motifs (C(OH)–C–C–N with tert-alkyl or cyclic N) is 1. The zero-order valence-corrected chi connectivity index (χ0v) is 12.0. The first kappa shape index (κ1) is 13.6. The first-order valence-electron chi connectivity index (χ1n) is 6.90. The van der Waals surface area contributed by atoms with Crippen LogP contribution < -0.4 is 10.6 Å². The topological polar surface area (TPSA) is 62.4 Å². The summed E-state index contributed by atoms with van der Waals surface area (Å²) in [6, 6.07) is 5.85. The van der Waals surface area contributed by atoms with E-state index in [2.05, 4.69) is 9.88 Å². The molecule has 1 aliphatic rings. The molecule has 1 atom stereocenters. The van der Waals surface area contributed by atoms with Crippen molar-refractivity contribution in [3.8, 4) is 0 Å². The van der Waals surface area contributed by atoms with Crippen molar-refractivity contribution in [2.75, 3.05) is 24.5 Å². The minimum atomic E-state index is -0.268. The molecule has 20 heavy (non-hydrogen) atoms. The molecule has 2 heterocycles. The number of pyridine rings is 1. The highest BCUT2D eigenvalue weighted by Crippen LogP contribution is 2.36. The fraction of sp³-hybridized carbons (Fsp3) is 0.400. The largest absolute Gasteiger partial charge is 0.391 e. The van der Waals surface area contributed by atoms with Gasteiger partial charge in [-0.1, -0.05) is 11.6 Å². The van der Waals surface area contributed by atoms with E-state index in [1.165, 1.54) is 0 Å². The van der Waals surface area contributed by atoms with Crippen LogP contribution in [0.4, 0.5) is 5.69 Å². The number of aliphatic hydroxyl groups excluding tert-OH is 1. The average molecular weight is 292 g/mol. The number of nitrogens with two attached hydrogens (primary N) is 1. The summed E-state index contributed by atoms with van der Waals surface area (Å²) in [6.07, 6.45) is 3.06. The molecule has 2 aromatic rings. The summed E-state index contributed by atoms with van der Waals surface area (Å²) in [4.78, 5) is 6.70. The lowest BCUT2D eigenvalue weighted by molar-refractivity contribution is 0.198. The number of benzene rings is 1. The van der Waals surface area contributed by atoms with E-state index in [-0.39, 0.29) is 6.10 Å². The normalized spacial score (nSPS) is 18.9. The Labute approximate surface area is 123 Å². The van der Waals surface area contributed by atoms with Crippen LogP contribution >= 0.6 is 11.6 Å². The lowest BCUT2D eigenvalue weighted by Gasteiger charge is -2.23. The molecule has 0 bridgehead atoms. The monoisotopic (exact) mass is 291 g/mol. The van der Waals surface area contributed by atoms with Crippen LogP contribution in [0.15, 0.2) is 24.4 Å². The zero-order chi connectivity index (χ0) is 14.1. The highest BCUT2D eigenvalue weighted by atomic mass is 35.5.